The van der Waals surface area contributed by atoms with Crippen LogP contribution >= 0.6 is 0 Å². The minimum Gasteiger partial charge on any atom is -0.329 e. The van der Waals surface area contributed by atoms with Gasteiger partial charge in [0, 0.05) is 12.6 Å². The number of benzene rings is 1. The van der Waals surface area contributed by atoms with E-state index in [2.05, 4.69) is 4.72 Å². The second-order valence-corrected chi connectivity index (χ2v) is 6.92. The van der Waals surface area contributed by atoms with Gasteiger partial charge in [0.25, 0.3) is 0 Å². The molecule has 0 radical (unpaired) electrons. The summed E-state index contributed by atoms with van der Waals surface area (Å²) in [6.45, 7) is 3.97. The van der Waals surface area contributed by atoms with Crippen LogP contribution in [0.15, 0.2) is 29.2 Å². The van der Waals surface area contributed by atoms with Gasteiger partial charge in [-0.25, -0.2) is 13.1 Å². The van der Waals surface area contributed by atoms with E-state index in [4.69, 9.17) is 5.73 Å². The van der Waals surface area contributed by atoms with Crippen LogP contribution in [0.4, 0.5) is 13.2 Å². The molecule has 120 valence electrons. The van der Waals surface area contributed by atoms with Crippen molar-refractivity contribution >= 4 is 10.0 Å². The molecule has 0 saturated heterocycles. The molecule has 0 amide bonds. The van der Waals surface area contributed by atoms with Crippen LogP contribution in [-0.4, -0.2) is 21.0 Å². The van der Waals surface area contributed by atoms with Crippen LogP contribution in [0.2, 0.25) is 0 Å². The van der Waals surface area contributed by atoms with E-state index in [1.807, 2.05) is 13.8 Å². The van der Waals surface area contributed by atoms with Crippen LogP contribution in [0.25, 0.3) is 0 Å². The van der Waals surface area contributed by atoms with E-state index >= 15 is 0 Å². The van der Waals surface area contributed by atoms with Crippen LogP contribution in [-0.2, 0) is 16.2 Å². The highest BCUT2D eigenvalue weighted by atomic mass is 32.2. The molecule has 0 aliphatic heterocycles. The predicted molar refractivity (Wildman–Crippen MR) is 74.1 cm³/mol. The van der Waals surface area contributed by atoms with Gasteiger partial charge in [0.15, 0.2) is 0 Å². The van der Waals surface area contributed by atoms with Gasteiger partial charge in [-0.3, -0.25) is 0 Å². The third kappa shape index (κ3) is 5.29. The lowest BCUT2D eigenvalue weighted by molar-refractivity contribution is -0.137. The lowest BCUT2D eigenvalue weighted by atomic mass is 10.1. The number of nitrogens with two attached hydrogens (primary N) is 1. The van der Waals surface area contributed by atoms with Crippen LogP contribution in [0.1, 0.15) is 25.8 Å². The second kappa shape index (κ2) is 6.76. The number of alkyl halides is 3. The minimum absolute atomic E-state index is 0.123. The fraction of sp³-hybridized carbons (Fsp3) is 0.538. The first-order valence-corrected chi connectivity index (χ1v) is 7.94. The van der Waals surface area contributed by atoms with Gasteiger partial charge in [0.2, 0.25) is 10.0 Å². The van der Waals surface area contributed by atoms with E-state index in [-0.39, 0.29) is 17.4 Å². The number of hydrogen-bond donors (Lipinski definition) is 2. The monoisotopic (exact) mass is 324 g/mol. The van der Waals surface area contributed by atoms with Gasteiger partial charge in [-0.2, -0.15) is 13.2 Å². The number of hydrogen-bond acceptors (Lipinski definition) is 3. The van der Waals surface area contributed by atoms with Crippen molar-refractivity contribution in [2.24, 2.45) is 11.7 Å². The van der Waals surface area contributed by atoms with Gasteiger partial charge < -0.3 is 5.73 Å². The predicted octanol–water partition coefficient (Wildman–Crippen LogP) is 2.36. The molecule has 0 fully saturated rings. The van der Waals surface area contributed by atoms with Crippen molar-refractivity contribution in [2.75, 3.05) is 6.54 Å². The zero-order valence-corrected chi connectivity index (χ0v) is 12.6. The highest BCUT2D eigenvalue weighted by Crippen LogP contribution is 2.29. The quantitative estimate of drug-likeness (QED) is 0.844. The van der Waals surface area contributed by atoms with E-state index in [0.717, 1.165) is 24.3 Å². The molecular weight excluding hydrogens is 305 g/mol. The molecule has 4 nitrogen and oxygen atoms in total. The topological polar surface area (TPSA) is 72.2 Å². The van der Waals surface area contributed by atoms with E-state index in [1.165, 1.54) is 0 Å². The van der Waals surface area contributed by atoms with E-state index in [0.29, 0.717) is 6.42 Å². The summed E-state index contributed by atoms with van der Waals surface area (Å²) in [6.07, 6.45) is -3.94. The van der Waals surface area contributed by atoms with Crippen molar-refractivity contribution in [1.29, 1.82) is 0 Å². The van der Waals surface area contributed by atoms with E-state index < -0.39 is 27.8 Å². The lowest BCUT2D eigenvalue weighted by Gasteiger charge is -2.19. The van der Waals surface area contributed by atoms with Crippen LogP contribution in [0.3, 0.4) is 0 Å². The second-order valence-electron chi connectivity index (χ2n) is 5.21. The average molecular weight is 324 g/mol. The van der Waals surface area contributed by atoms with Crippen LogP contribution < -0.4 is 10.5 Å². The zero-order chi connectivity index (χ0) is 16.3. The first-order chi connectivity index (χ1) is 9.56. The third-order valence-electron chi connectivity index (χ3n) is 2.85. The van der Waals surface area contributed by atoms with Gasteiger partial charge >= 0.3 is 6.18 Å². The Morgan fingerprint density at radius 3 is 2.10 bits per heavy atom. The molecular formula is C13H19F3N2O2S. The Bertz CT molecular complexity index is 554. The Balaban J connectivity index is 2.92. The molecule has 1 rings (SSSR count). The molecule has 0 aliphatic carbocycles. The summed E-state index contributed by atoms with van der Waals surface area (Å²) in [7, 11) is -3.88. The third-order valence-corrected chi connectivity index (χ3v) is 4.39. The summed E-state index contributed by atoms with van der Waals surface area (Å²) in [4.78, 5) is -0.210. The van der Waals surface area contributed by atoms with Crippen LogP contribution in [0.5, 0.6) is 0 Å². The molecule has 3 N–H and O–H groups in total. The Hall–Kier alpha value is -1.12. The summed E-state index contributed by atoms with van der Waals surface area (Å²) in [6, 6.07) is 2.92. The SMILES string of the molecule is CC(C)CC(CN)NS(=O)(=O)c1ccc(C(F)(F)F)cc1. The maximum Gasteiger partial charge on any atom is 0.416 e. The highest BCUT2D eigenvalue weighted by Gasteiger charge is 2.30. The Kier molecular flexibility index (Phi) is 5.77. The van der Waals surface area contributed by atoms with Crippen molar-refractivity contribution in [3.8, 4) is 0 Å². The standard InChI is InChI=1S/C13H19F3N2O2S/c1-9(2)7-11(8-17)18-21(19,20)12-5-3-10(4-6-12)13(14,15)16/h3-6,9,11,18H,7-8,17H2,1-2H3. The summed E-state index contributed by atoms with van der Waals surface area (Å²) >= 11 is 0. The molecule has 1 unspecified atom stereocenters. The highest BCUT2D eigenvalue weighted by molar-refractivity contribution is 7.89. The van der Waals surface area contributed by atoms with Crippen LogP contribution in [0, 0.1) is 5.92 Å². The van der Waals surface area contributed by atoms with Crippen molar-refractivity contribution in [2.45, 2.75) is 37.4 Å². The van der Waals surface area contributed by atoms with E-state index in [9.17, 15) is 21.6 Å². The molecule has 8 heteroatoms. The molecule has 0 bridgehead atoms. The number of nitrogens with one attached hydrogen (secondary N) is 1. The fourth-order valence-corrected chi connectivity index (χ4v) is 3.13. The smallest absolute Gasteiger partial charge is 0.329 e. The number of rotatable bonds is 6. The van der Waals surface area contributed by atoms with Crippen molar-refractivity contribution in [3.63, 3.8) is 0 Å². The molecule has 0 heterocycles. The minimum atomic E-state index is -4.49. The zero-order valence-electron chi connectivity index (χ0n) is 11.8. The molecule has 0 aliphatic rings. The fourth-order valence-electron chi connectivity index (χ4n) is 1.87. The first-order valence-electron chi connectivity index (χ1n) is 6.46. The van der Waals surface area contributed by atoms with Gasteiger partial charge in [-0.05, 0) is 36.6 Å². The van der Waals surface area contributed by atoms with E-state index in [1.54, 1.807) is 0 Å². The van der Waals surface area contributed by atoms with Crippen molar-refractivity contribution < 1.29 is 21.6 Å². The average Bonchev–Trinajstić information content (AvgIpc) is 2.36. The maximum atomic E-state index is 12.4. The number of sulfonamides is 1. The van der Waals surface area contributed by atoms with Gasteiger partial charge in [0.1, 0.15) is 0 Å². The summed E-state index contributed by atoms with van der Waals surface area (Å²) in [5.41, 5.74) is 4.62. The molecule has 0 spiro atoms. The summed E-state index contributed by atoms with van der Waals surface area (Å²) < 4.78 is 63.9. The van der Waals surface area contributed by atoms with Gasteiger partial charge in [-0.15, -0.1) is 0 Å². The first kappa shape index (κ1) is 17.9. The molecule has 1 aromatic carbocycles. The molecule has 0 aromatic heterocycles. The summed E-state index contributed by atoms with van der Waals surface area (Å²) in [5.74, 6) is 0.244. The van der Waals surface area contributed by atoms with Gasteiger partial charge in [-0.1, -0.05) is 13.8 Å². The molecule has 1 atom stereocenters. The Morgan fingerprint density at radius 2 is 1.71 bits per heavy atom. The summed E-state index contributed by atoms with van der Waals surface area (Å²) in [5, 5.41) is 0. The molecule has 1 aromatic rings. The largest absolute Gasteiger partial charge is 0.416 e. The molecule has 21 heavy (non-hydrogen) atoms. The van der Waals surface area contributed by atoms with Crippen molar-refractivity contribution in [3.05, 3.63) is 29.8 Å². The lowest BCUT2D eigenvalue weighted by Crippen LogP contribution is -2.40. The number of halogens is 3. The molecule has 0 saturated carbocycles. The normalized spacial score (nSPS) is 14.4. The van der Waals surface area contributed by atoms with Gasteiger partial charge in [0.05, 0.1) is 10.5 Å². The maximum absolute atomic E-state index is 12.4. The Morgan fingerprint density at radius 1 is 1.19 bits per heavy atom. The van der Waals surface area contributed by atoms with Crippen molar-refractivity contribution in [1.82, 2.24) is 4.72 Å². The Labute approximate surface area is 122 Å².